The summed E-state index contributed by atoms with van der Waals surface area (Å²) < 4.78 is 19.5. The van der Waals surface area contributed by atoms with Crippen molar-refractivity contribution in [2.24, 2.45) is 0 Å². The van der Waals surface area contributed by atoms with Crippen molar-refractivity contribution in [2.75, 3.05) is 14.2 Å². The molecule has 42 heavy (non-hydrogen) atoms. The summed E-state index contributed by atoms with van der Waals surface area (Å²) in [7, 11) is 3.12. The summed E-state index contributed by atoms with van der Waals surface area (Å²) in [5.74, 6) is 1.04. The van der Waals surface area contributed by atoms with Crippen LogP contribution in [0.1, 0.15) is 29.3 Å². The normalized spacial score (nSPS) is 19.6. The van der Waals surface area contributed by atoms with Crippen molar-refractivity contribution in [2.45, 2.75) is 36.4 Å². The fourth-order valence-corrected chi connectivity index (χ4v) is 6.14. The molecule has 0 saturated carbocycles. The number of aromatic amines is 2. The maximum atomic E-state index is 12.6. The average Bonchev–Trinajstić information content (AvgIpc) is 3.62. The number of para-hydroxylation sites is 2. The first-order valence-electron chi connectivity index (χ1n) is 13.4. The van der Waals surface area contributed by atoms with Gasteiger partial charge in [-0.05, 0) is 17.7 Å². The second kappa shape index (κ2) is 10.9. The van der Waals surface area contributed by atoms with Gasteiger partial charge < -0.3 is 24.4 Å². The zero-order chi connectivity index (χ0) is 29.4. The third-order valence-corrected chi connectivity index (χ3v) is 7.96. The molecule has 4 N–H and O–H groups in total. The number of nitrogens with one attached hydrogen (secondary N) is 2. The van der Waals surface area contributed by atoms with Gasteiger partial charge in [-0.25, -0.2) is 9.78 Å². The van der Waals surface area contributed by atoms with Crippen LogP contribution in [0.4, 0.5) is 0 Å². The fourth-order valence-electron chi connectivity index (χ4n) is 6.14. The van der Waals surface area contributed by atoms with Gasteiger partial charge in [-0.15, -0.1) is 0 Å². The Morgan fingerprint density at radius 3 is 2.14 bits per heavy atom. The molecule has 1 unspecified atom stereocenters. The van der Waals surface area contributed by atoms with Gasteiger partial charge in [0.05, 0.1) is 32.1 Å². The highest BCUT2D eigenvalue weighted by Gasteiger charge is 2.54. The van der Waals surface area contributed by atoms with Crippen LogP contribution in [0.3, 0.4) is 0 Å². The monoisotopic (exact) mass is 570 g/mol. The van der Waals surface area contributed by atoms with Crippen molar-refractivity contribution < 1.29 is 24.4 Å². The van der Waals surface area contributed by atoms with Gasteiger partial charge in [-0.1, -0.05) is 66.7 Å². The Morgan fingerprint density at radius 1 is 0.929 bits per heavy atom. The van der Waals surface area contributed by atoms with E-state index in [2.05, 4.69) is 15.0 Å². The lowest BCUT2D eigenvalue weighted by Gasteiger charge is -2.43. The van der Waals surface area contributed by atoms with Gasteiger partial charge >= 0.3 is 5.69 Å². The number of H-pyrrole nitrogens is 2. The Hall–Kier alpha value is -4.71. The van der Waals surface area contributed by atoms with Crippen LogP contribution in [-0.4, -0.2) is 62.3 Å². The molecular formula is C31H30N4O7. The topological polar surface area (TPSA) is 152 Å². The van der Waals surface area contributed by atoms with Crippen LogP contribution >= 0.6 is 0 Å². The Bertz CT molecular complexity index is 1780. The first-order chi connectivity index (χ1) is 20.4. The number of aromatic nitrogens is 4. The molecule has 4 atom stereocenters. The first kappa shape index (κ1) is 27.5. The zero-order valence-corrected chi connectivity index (χ0v) is 22.9. The molecule has 2 aromatic heterocycles. The Labute approximate surface area is 240 Å². The smallest absolute Gasteiger partial charge is 0.327 e. The minimum atomic E-state index is -1.38. The van der Waals surface area contributed by atoms with E-state index in [9.17, 15) is 19.8 Å². The van der Waals surface area contributed by atoms with E-state index < -0.39 is 41.2 Å². The predicted molar refractivity (Wildman–Crippen MR) is 154 cm³/mol. The number of aliphatic hydroxyl groups is 2. The number of ether oxygens (including phenoxy) is 3. The van der Waals surface area contributed by atoms with E-state index in [0.29, 0.717) is 22.6 Å². The summed E-state index contributed by atoms with van der Waals surface area (Å²) in [4.78, 5) is 33.2. The molecule has 1 aliphatic rings. The van der Waals surface area contributed by atoms with Crippen LogP contribution in [0.5, 0.6) is 11.5 Å². The molecule has 0 radical (unpaired) electrons. The van der Waals surface area contributed by atoms with Crippen molar-refractivity contribution in [1.82, 2.24) is 19.5 Å². The summed E-state index contributed by atoms with van der Waals surface area (Å²) in [5, 5.41) is 24.1. The zero-order valence-electron chi connectivity index (χ0n) is 22.9. The minimum absolute atomic E-state index is 0.0263. The average molecular weight is 571 g/mol. The summed E-state index contributed by atoms with van der Waals surface area (Å²) in [6, 6.07) is 24.2. The number of hydrogen-bond donors (Lipinski definition) is 4. The van der Waals surface area contributed by atoms with E-state index in [4.69, 9.17) is 14.2 Å². The quantitative estimate of drug-likeness (QED) is 0.208. The summed E-state index contributed by atoms with van der Waals surface area (Å²) in [6.45, 7) is 0. The SMILES string of the molecule is COc1ccccc1C(c1ccccc1)(c1ccccc1OC)C(O)[C@H]1O[C@@H](n2cnc3c(=O)[nH]c(=O)[nH]c32)C[C@@H]1O. The van der Waals surface area contributed by atoms with Crippen LogP contribution in [0.15, 0.2) is 94.8 Å². The molecule has 11 heteroatoms. The van der Waals surface area contributed by atoms with Crippen molar-refractivity contribution in [3.05, 3.63) is 123 Å². The number of aliphatic hydroxyl groups excluding tert-OH is 2. The maximum absolute atomic E-state index is 12.6. The van der Waals surface area contributed by atoms with E-state index >= 15 is 0 Å². The maximum Gasteiger partial charge on any atom is 0.327 e. The molecule has 0 bridgehead atoms. The minimum Gasteiger partial charge on any atom is -0.496 e. The number of imidazole rings is 1. The van der Waals surface area contributed by atoms with Gasteiger partial charge in [0.1, 0.15) is 35.6 Å². The molecule has 5 aromatic rings. The summed E-state index contributed by atoms with van der Waals surface area (Å²) in [5.41, 5.74) is -0.507. The van der Waals surface area contributed by atoms with Crippen molar-refractivity contribution in [1.29, 1.82) is 0 Å². The standard InChI is InChI=1S/C31H30N4O7/c1-40-22-14-8-6-12-19(22)31(18-10-4-3-5-11-18,20-13-7-9-15-23(20)41-2)27(37)26-21(36)16-24(42-26)35-17-32-25-28(35)33-30(39)34-29(25)38/h3-15,17,21,24,26-27,36-37H,16H2,1-2H3,(H2,33,34,38,39)/t21-,24+,26-,27?/m0/s1. The summed E-state index contributed by atoms with van der Waals surface area (Å²) >= 11 is 0. The number of methoxy groups -OCH3 is 2. The number of nitrogens with zero attached hydrogens (tertiary/aromatic N) is 2. The van der Waals surface area contributed by atoms with Crippen LogP contribution < -0.4 is 20.7 Å². The Balaban J connectivity index is 1.56. The van der Waals surface area contributed by atoms with E-state index in [1.807, 2.05) is 78.9 Å². The highest BCUT2D eigenvalue weighted by atomic mass is 16.5. The van der Waals surface area contributed by atoms with E-state index in [0.717, 1.165) is 5.56 Å². The van der Waals surface area contributed by atoms with Gasteiger partial charge in [0.25, 0.3) is 5.56 Å². The molecule has 3 aromatic carbocycles. The summed E-state index contributed by atoms with van der Waals surface area (Å²) in [6.07, 6.45) is -3.06. The van der Waals surface area contributed by atoms with Crippen LogP contribution in [-0.2, 0) is 10.2 Å². The second-order valence-corrected chi connectivity index (χ2v) is 10.1. The molecule has 3 heterocycles. The molecule has 11 nitrogen and oxygen atoms in total. The molecule has 0 amide bonds. The first-order valence-corrected chi connectivity index (χ1v) is 13.4. The number of rotatable bonds is 8. The van der Waals surface area contributed by atoms with Gasteiger partial charge in [0.2, 0.25) is 0 Å². The molecular weight excluding hydrogens is 540 g/mol. The molecule has 1 saturated heterocycles. The highest BCUT2D eigenvalue weighted by Crippen LogP contribution is 2.51. The molecule has 0 aliphatic carbocycles. The van der Waals surface area contributed by atoms with Crippen LogP contribution in [0, 0.1) is 0 Å². The van der Waals surface area contributed by atoms with E-state index in [1.54, 1.807) is 14.2 Å². The van der Waals surface area contributed by atoms with Crippen molar-refractivity contribution in [3.8, 4) is 11.5 Å². The van der Waals surface area contributed by atoms with Gasteiger partial charge in [-0.2, -0.15) is 0 Å². The number of benzene rings is 3. The lowest BCUT2D eigenvalue weighted by atomic mass is 9.63. The van der Waals surface area contributed by atoms with E-state index in [-0.39, 0.29) is 17.6 Å². The van der Waals surface area contributed by atoms with Crippen LogP contribution in [0.2, 0.25) is 0 Å². The molecule has 1 fully saturated rings. The lowest BCUT2D eigenvalue weighted by molar-refractivity contribution is -0.0963. The van der Waals surface area contributed by atoms with Gasteiger partial charge in [-0.3, -0.25) is 19.3 Å². The third kappa shape index (κ3) is 4.30. The molecule has 1 aliphatic heterocycles. The number of hydrogen-bond acceptors (Lipinski definition) is 8. The van der Waals surface area contributed by atoms with Gasteiger partial charge in [0, 0.05) is 17.5 Å². The fraction of sp³-hybridized carbons (Fsp3) is 0.258. The second-order valence-electron chi connectivity index (χ2n) is 10.1. The molecule has 0 spiro atoms. The molecule has 216 valence electrons. The highest BCUT2D eigenvalue weighted by molar-refractivity contribution is 5.69. The number of fused-ring (bicyclic) bond motifs is 1. The Kier molecular flexibility index (Phi) is 7.15. The molecule has 6 rings (SSSR count). The predicted octanol–water partition coefficient (Wildman–Crippen LogP) is 2.47. The van der Waals surface area contributed by atoms with Gasteiger partial charge in [0.15, 0.2) is 5.52 Å². The van der Waals surface area contributed by atoms with Crippen molar-refractivity contribution in [3.63, 3.8) is 0 Å². The largest absolute Gasteiger partial charge is 0.496 e. The van der Waals surface area contributed by atoms with Crippen LogP contribution in [0.25, 0.3) is 11.2 Å². The third-order valence-electron chi connectivity index (χ3n) is 7.96. The lowest BCUT2D eigenvalue weighted by Crippen LogP contribution is -2.51. The van der Waals surface area contributed by atoms with E-state index in [1.165, 1.54) is 10.9 Å². The Morgan fingerprint density at radius 2 is 1.52 bits per heavy atom. The van der Waals surface area contributed by atoms with Crippen molar-refractivity contribution >= 4 is 11.2 Å².